The predicted octanol–water partition coefficient (Wildman–Crippen LogP) is 1.18. The Hall–Kier alpha value is -4.77. The molecule has 13 N–H and O–H groups in total. The monoisotopic (exact) mass is 854 g/mol. The summed E-state index contributed by atoms with van der Waals surface area (Å²) in [6.07, 6.45) is 11.4. The van der Waals surface area contributed by atoms with Gasteiger partial charge in [-0.2, -0.15) is 0 Å². The van der Waals surface area contributed by atoms with Gasteiger partial charge in [-0.15, -0.1) is 0 Å². The average Bonchev–Trinajstić information content (AvgIpc) is 3.23. The van der Waals surface area contributed by atoms with E-state index in [2.05, 4.69) is 31.9 Å². The standard InChI is InChI=1S/C44H71N9O8/c1-27(54)48-33-15-5-2-12-30(33)41(58)52-37(19-9-11-25-46)43(60)49-34-16-6-4-14-32(34)42(59)53-38(26-28-20-22-29(55)23-21-28)44(61)50-35-17-7-3-13-31(35)40(57)51-36(39(47)56)18-8-10-24-45/h20-23,30-38,55H,2-19,24-26,45-46H2,1H3,(H2,47,56)(H,48,54)(H,49,60)(H,50,61)(H,51,57)(H,52,58)(H,53,59)/t30-,31-,32-,33+,34?,35?,36+,37+,38+/m0/s1. The predicted molar refractivity (Wildman–Crippen MR) is 230 cm³/mol. The van der Waals surface area contributed by atoms with E-state index in [-0.39, 0.29) is 35.9 Å². The van der Waals surface area contributed by atoms with Gasteiger partial charge in [-0.3, -0.25) is 33.6 Å². The van der Waals surface area contributed by atoms with Gasteiger partial charge in [0.2, 0.25) is 41.4 Å². The summed E-state index contributed by atoms with van der Waals surface area (Å²) in [7, 11) is 0. The lowest BCUT2D eigenvalue weighted by Crippen LogP contribution is -2.59. The van der Waals surface area contributed by atoms with Crippen molar-refractivity contribution in [3.63, 3.8) is 0 Å². The number of amides is 7. The van der Waals surface area contributed by atoms with Crippen LogP contribution in [0.25, 0.3) is 0 Å². The Labute approximate surface area is 360 Å². The molecule has 3 fully saturated rings. The Kier molecular flexibility index (Phi) is 20.2. The Morgan fingerprint density at radius 1 is 0.574 bits per heavy atom. The first-order valence-electron chi connectivity index (χ1n) is 22.6. The molecule has 9 atom stereocenters. The van der Waals surface area contributed by atoms with Crippen LogP contribution in [0.1, 0.15) is 128 Å². The molecule has 0 aromatic heterocycles. The molecular formula is C44H71N9O8. The molecule has 0 spiro atoms. The van der Waals surface area contributed by atoms with Crippen molar-refractivity contribution in [1.82, 2.24) is 31.9 Å². The highest BCUT2D eigenvalue weighted by molar-refractivity contribution is 5.92. The first-order chi connectivity index (χ1) is 29.3. The first-order valence-corrected chi connectivity index (χ1v) is 22.6. The molecule has 0 heterocycles. The van der Waals surface area contributed by atoms with Gasteiger partial charge in [0.15, 0.2) is 0 Å². The van der Waals surface area contributed by atoms with Gasteiger partial charge in [-0.1, -0.05) is 50.7 Å². The molecular weight excluding hydrogens is 783 g/mol. The Morgan fingerprint density at radius 3 is 1.41 bits per heavy atom. The summed E-state index contributed by atoms with van der Waals surface area (Å²) in [5.74, 6) is -4.52. The van der Waals surface area contributed by atoms with E-state index in [4.69, 9.17) is 17.2 Å². The molecule has 61 heavy (non-hydrogen) atoms. The molecule has 17 nitrogen and oxygen atoms in total. The number of hydrogen-bond donors (Lipinski definition) is 10. The van der Waals surface area contributed by atoms with Gasteiger partial charge in [-0.05, 0) is 108 Å². The number of carbonyl (C=O) groups excluding carboxylic acids is 7. The molecule has 2 unspecified atom stereocenters. The smallest absolute Gasteiger partial charge is 0.243 e. The van der Waals surface area contributed by atoms with E-state index in [1.54, 1.807) is 12.1 Å². The first kappa shape index (κ1) is 48.9. The van der Waals surface area contributed by atoms with Gasteiger partial charge >= 0.3 is 0 Å². The van der Waals surface area contributed by atoms with Crippen molar-refractivity contribution in [1.29, 1.82) is 0 Å². The summed E-state index contributed by atoms with van der Waals surface area (Å²) in [5.41, 5.74) is 17.7. The fourth-order valence-electron chi connectivity index (χ4n) is 9.13. The Bertz CT molecular complexity index is 1630. The maximum atomic E-state index is 14.3. The molecule has 1 aromatic carbocycles. The van der Waals surface area contributed by atoms with Crippen LogP contribution in [0, 0.1) is 17.8 Å². The minimum absolute atomic E-state index is 0.0479. The number of benzene rings is 1. The van der Waals surface area contributed by atoms with Crippen molar-refractivity contribution in [2.75, 3.05) is 13.1 Å². The molecule has 0 saturated heterocycles. The Morgan fingerprint density at radius 2 is 0.967 bits per heavy atom. The van der Waals surface area contributed by atoms with Crippen molar-refractivity contribution in [3.8, 4) is 5.75 Å². The fraction of sp³-hybridized carbons (Fsp3) is 0.705. The molecule has 17 heteroatoms. The number of phenols is 1. The third kappa shape index (κ3) is 15.6. The Balaban J connectivity index is 1.49. The van der Waals surface area contributed by atoms with Gasteiger partial charge < -0.3 is 54.2 Å². The van der Waals surface area contributed by atoms with Crippen molar-refractivity contribution >= 4 is 41.4 Å². The van der Waals surface area contributed by atoms with Gasteiger partial charge in [0.1, 0.15) is 23.9 Å². The molecule has 0 bridgehead atoms. The van der Waals surface area contributed by atoms with Crippen LogP contribution in [0.15, 0.2) is 24.3 Å². The average molecular weight is 854 g/mol. The van der Waals surface area contributed by atoms with Crippen molar-refractivity contribution < 1.29 is 38.7 Å². The van der Waals surface area contributed by atoms with Gasteiger partial charge in [0.25, 0.3) is 0 Å². The number of nitrogens with one attached hydrogen (secondary N) is 6. The van der Waals surface area contributed by atoms with Gasteiger partial charge in [0, 0.05) is 31.5 Å². The van der Waals surface area contributed by atoms with E-state index in [0.29, 0.717) is 95.7 Å². The van der Waals surface area contributed by atoms with Crippen LogP contribution in [-0.4, -0.2) is 95.8 Å². The molecule has 340 valence electrons. The maximum absolute atomic E-state index is 14.3. The maximum Gasteiger partial charge on any atom is 0.243 e. The quantitative estimate of drug-likeness (QED) is 0.0744. The summed E-state index contributed by atoms with van der Waals surface area (Å²) in [6.45, 7) is 2.31. The zero-order chi connectivity index (χ0) is 44.3. The minimum atomic E-state index is -1.06. The van der Waals surface area contributed by atoms with Crippen molar-refractivity contribution in [3.05, 3.63) is 29.8 Å². The number of carbonyl (C=O) groups is 7. The zero-order valence-electron chi connectivity index (χ0n) is 35.9. The largest absolute Gasteiger partial charge is 0.508 e. The molecule has 1 aromatic rings. The topological polar surface area (TPSA) is 290 Å². The summed E-state index contributed by atoms with van der Waals surface area (Å²) in [4.78, 5) is 93.9. The number of phenolic OH excluding ortho intramolecular Hbond substituents is 1. The zero-order valence-corrected chi connectivity index (χ0v) is 35.9. The number of unbranched alkanes of at least 4 members (excludes halogenated alkanes) is 2. The fourth-order valence-corrected chi connectivity index (χ4v) is 9.13. The lowest BCUT2D eigenvalue weighted by atomic mass is 9.82. The third-order valence-electron chi connectivity index (χ3n) is 12.5. The lowest BCUT2D eigenvalue weighted by molar-refractivity contribution is -0.136. The second-order valence-corrected chi connectivity index (χ2v) is 17.2. The van der Waals surface area contributed by atoms with Crippen LogP contribution >= 0.6 is 0 Å². The highest BCUT2D eigenvalue weighted by Crippen LogP contribution is 2.28. The van der Waals surface area contributed by atoms with Gasteiger partial charge in [-0.25, -0.2) is 0 Å². The van der Waals surface area contributed by atoms with Crippen LogP contribution in [-0.2, 0) is 40.0 Å². The van der Waals surface area contributed by atoms with E-state index >= 15 is 0 Å². The molecule has 4 rings (SSSR count). The molecule has 3 aliphatic carbocycles. The molecule has 3 saturated carbocycles. The molecule has 3 aliphatic rings. The van der Waals surface area contributed by atoms with Crippen LogP contribution < -0.4 is 49.1 Å². The van der Waals surface area contributed by atoms with E-state index in [1.165, 1.54) is 19.1 Å². The molecule has 0 radical (unpaired) electrons. The van der Waals surface area contributed by atoms with Crippen molar-refractivity contribution in [2.45, 2.75) is 165 Å². The van der Waals surface area contributed by atoms with Gasteiger partial charge in [0.05, 0.1) is 17.8 Å². The number of aromatic hydroxyl groups is 1. The van der Waals surface area contributed by atoms with Crippen molar-refractivity contribution in [2.24, 2.45) is 35.0 Å². The second-order valence-electron chi connectivity index (χ2n) is 17.2. The SMILES string of the molecule is CC(=O)N[C@@H]1CCCC[C@@H]1C(=O)N[C@H](CCCCN)C(=O)NC1CCCC[C@@H]1C(=O)N[C@H](Cc1ccc(O)cc1)C(=O)NC1CCCC[C@@H]1C(=O)N[C@H](CCCCN)C(N)=O. The van der Waals surface area contributed by atoms with E-state index < -0.39 is 71.6 Å². The summed E-state index contributed by atoms with van der Waals surface area (Å²) in [6, 6.07) is 2.10. The number of primary amides is 1. The minimum Gasteiger partial charge on any atom is -0.508 e. The van der Waals surface area contributed by atoms with Crippen LogP contribution in [0.4, 0.5) is 0 Å². The van der Waals surface area contributed by atoms with E-state index in [9.17, 15) is 38.7 Å². The number of nitrogens with two attached hydrogens (primary N) is 3. The van der Waals surface area contributed by atoms with E-state index in [0.717, 1.165) is 38.5 Å². The molecule has 0 aliphatic heterocycles. The summed E-state index contributed by atoms with van der Waals surface area (Å²) in [5, 5.41) is 27.7. The van der Waals surface area contributed by atoms with Crippen LogP contribution in [0.5, 0.6) is 5.75 Å². The van der Waals surface area contributed by atoms with Crippen LogP contribution in [0.3, 0.4) is 0 Å². The number of hydrogen-bond acceptors (Lipinski definition) is 10. The summed E-state index contributed by atoms with van der Waals surface area (Å²) < 4.78 is 0. The third-order valence-corrected chi connectivity index (χ3v) is 12.5. The highest BCUT2D eigenvalue weighted by atomic mass is 16.3. The summed E-state index contributed by atoms with van der Waals surface area (Å²) >= 11 is 0. The highest BCUT2D eigenvalue weighted by Gasteiger charge is 2.39. The van der Waals surface area contributed by atoms with Crippen LogP contribution in [0.2, 0.25) is 0 Å². The molecule has 7 amide bonds. The second kappa shape index (κ2) is 25.2. The lowest BCUT2D eigenvalue weighted by Gasteiger charge is -2.35. The normalized spacial score (nSPS) is 24.2. The van der Waals surface area contributed by atoms with E-state index in [1.807, 2.05) is 0 Å². The number of rotatable bonds is 22.